The minimum atomic E-state index is 0.194. The molecule has 1 aromatic heterocycles. The van der Waals surface area contributed by atoms with Crippen LogP contribution in [0.5, 0.6) is 0 Å². The first-order valence-electron chi connectivity index (χ1n) is 10.0. The van der Waals surface area contributed by atoms with Gasteiger partial charge in [-0.25, -0.2) is 9.98 Å². The van der Waals surface area contributed by atoms with Gasteiger partial charge >= 0.3 is 33.3 Å². The number of halogens is 4. The van der Waals surface area contributed by atoms with Gasteiger partial charge in [0.2, 0.25) is 0 Å². The van der Waals surface area contributed by atoms with Crippen LogP contribution in [0.25, 0.3) is 0 Å². The van der Waals surface area contributed by atoms with Crippen molar-refractivity contribution in [2.45, 2.75) is 41.5 Å². The van der Waals surface area contributed by atoms with Gasteiger partial charge in [0.25, 0.3) is 0 Å². The Labute approximate surface area is 220 Å². The molecule has 0 amide bonds. The summed E-state index contributed by atoms with van der Waals surface area (Å²) in [6.07, 6.45) is 0. The molecule has 3 aromatic rings. The maximum atomic E-state index is 6.35. The van der Waals surface area contributed by atoms with Crippen LogP contribution in [-0.2, 0) is 13.1 Å². The molecular formula is C25H25Cl4FeN3. The van der Waals surface area contributed by atoms with Gasteiger partial charge in [-0.05, 0) is 82.5 Å². The van der Waals surface area contributed by atoms with Gasteiger partial charge in [-0.3, -0.25) is 4.99 Å². The summed E-state index contributed by atoms with van der Waals surface area (Å²) in [7, 11) is 9.53. The predicted molar refractivity (Wildman–Crippen MR) is 142 cm³/mol. The number of benzene rings is 2. The number of pyridine rings is 1. The molecule has 0 spiro atoms. The number of rotatable bonds is 4. The Morgan fingerprint density at radius 3 is 1.70 bits per heavy atom. The summed E-state index contributed by atoms with van der Waals surface area (Å²) < 4.78 is 0. The van der Waals surface area contributed by atoms with Crippen molar-refractivity contribution < 1.29 is 13.1 Å². The summed E-state index contributed by atoms with van der Waals surface area (Å²) in [5, 5.41) is 1.13. The fourth-order valence-electron chi connectivity index (χ4n) is 3.47. The summed E-state index contributed by atoms with van der Waals surface area (Å²) in [6, 6.07) is 13.7. The van der Waals surface area contributed by atoms with Gasteiger partial charge in [0.15, 0.2) is 0 Å². The Bertz CT molecular complexity index is 1070. The first kappa shape index (κ1) is 27.9. The fourth-order valence-corrected chi connectivity index (χ4v) is 4.11. The molecule has 0 atom stereocenters. The van der Waals surface area contributed by atoms with Gasteiger partial charge in [-0.15, -0.1) is 0 Å². The molecule has 176 valence electrons. The third-order valence-electron chi connectivity index (χ3n) is 4.90. The van der Waals surface area contributed by atoms with Crippen molar-refractivity contribution in [3.8, 4) is 0 Å². The summed E-state index contributed by atoms with van der Waals surface area (Å²) >= 11 is 12.6. The number of nitrogens with zero attached hydrogens (tertiary/aromatic N) is 3. The second kappa shape index (κ2) is 12.9. The van der Waals surface area contributed by atoms with Crippen molar-refractivity contribution in [3.63, 3.8) is 0 Å². The van der Waals surface area contributed by atoms with E-state index in [1.165, 1.54) is 5.56 Å². The molecule has 0 bridgehead atoms. The Balaban J connectivity index is 0.00000122. The number of hydrogen-bond acceptors (Lipinski definition) is 3. The fraction of sp³-hybridized carbons (Fsp3) is 0.240. The molecule has 0 saturated carbocycles. The summed E-state index contributed by atoms with van der Waals surface area (Å²) in [6.45, 7) is 12.1. The Hall–Kier alpha value is -1.39. The third kappa shape index (κ3) is 7.82. The molecule has 0 aliphatic heterocycles. The monoisotopic (exact) mass is 563 g/mol. The normalized spacial score (nSPS) is 11.9. The van der Waals surface area contributed by atoms with Crippen molar-refractivity contribution in [2.24, 2.45) is 9.98 Å². The van der Waals surface area contributed by atoms with Gasteiger partial charge < -0.3 is 0 Å². The first-order chi connectivity index (χ1) is 15.6. The number of hydrogen-bond donors (Lipinski definition) is 0. The van der Waals surface area contributed by atoms with E-state index < -0.39 is 0 Å². The molecule has 0 unspecified atom stereocenters. The molecule has 0 saturated heterocycles. The summed E-state index contributed by atoms with van der Waals surface area (Å²) in [4.78, 5) is 14.4. The average Bonchev–Trinajstić information content (AvgIpc) is 2.73. The van der Waals surface area contributed by atoms with E-state index >= 15 is 0 Å². The zero-order valence-corrected chi connectivity index (χ0v) is 23.4. The van der Waals surface area contributed by atoms with Crippen LogP contribution in [-0.4, -0.2) is 16.4 Å². The van der Waals surface area contributed by atoms with Crippen LogP contribution in [0.1, 0.15) is 47.5 Å². The Kier molecular flexibility index (Phi) is 10.9. The molecule has 0 fully saturated rings. The van der Waals surface area contributed by atoms with Crippen LogP contribution < -0.4 is 0 Å². The van der Waals surface area contributed by atoms with Crippen LogP contribution in [0.3, 0.4) is 0 Å². The van der Waals surface area contributed by atoms with E-state index in [2.05, 4.69) is 32.9 Å². The molecule has 3 nitrogen and oxygen atoms in total. The van der Waals surface area contributed by atoms with E-state index in [-0.39, 0.29) is 13.1 Å². The second-order valence-corrected chi connectivity index (χ2v) is 10.3. The predicted octanol–water partition coefficient (Wildman–Crippen LogP) is 9.28. The number of aromatic nitrogens is 1. The van der Waals surface area contributed by atoms with Crippen LogP contribution in [0.15, 0.2) is 52.4 Å². The average molecular weight is 565 g/mol. The molecule has 0 radical (unpaired) electrons. The SMILES string of the molecule is CC(=Nc1c(C)cc(C)cc1C)c1cccc(C(C)=Nc2c(C)cc(Cl)cc2Cl)n1.[Cl][Fe][Cl]. The van der Waals surface area contributed by atoms with Crippen molar-refractivity contribution in [1.29, 1.82) is 0 Å². The molecule has 33 heavy (non-hydrogen) atoms. The quantitative estimate of drug-likeness (QED) is 0.230. The van der Waals surface area contributed by atoms with E-state index in [1.54, 1.807) is 6.07 Å². The molecule has 0 aliphatic carbocycles. The molecular weight excluding hydrogens is 540 g/mol. The minimum absolute atomic E-state index is 0.194. The molecule has 0 aliphatic rings. The molecule has 0 N–H and O–H groups in total. The van der Waals surface area contributed by atoms with Crippen LogP contribution in [0.4, 0.5) is 11.4 Å². The van der Waals surface area contributed by atoms with Crippen molar-refractivity contribution in [2.75, 3.05) is 0 Å². The number of aryl methyl sites for hydroxylation is 4. The van der Waals surface area contributed by atoms with Gasteiger partial charge in [0, 0.05) is 5.02 Å². The van der Waals surface area contributed by atoms with Crippen molar-refractivity contribution in [1.82, 2.24) is 4.98 Å². The summed E-state index contributed by atoms with van der Waals surface area (Å²) in [5.74, 6) is 0. The van der Waals surface area contributed by atoms with E-state index in [0.29, 0.717) is 15.7 Å². The van der Waals surface area contributed by atoms with E-state index in [4.69, 9.17) is 58.4 Å². The first-order valence-corrected chi connectivity index (χ1v) is 13.8. The van der Waals surface area contributed by atoms with Crippen LogP contribution in [0, 0.1) is 27.7 Å². The van der Waals surface area contributed by atoms with E-state index in [9.17, 15) is 0 Å². The maximum absolute atomic E-state index is 6.35. The van der Waals surface area contributed by atoms with Gasteiger partial charge in [0.1, 0.15) is 0 Å². The molecule has 3 rings (SSSR count). The van der Waals surface area contributed by atoms with Gasteiger partial charge in [0.05, 0.1) is 39.2 Å². The third-order valence-corrected chi connectivity index (χ3v) is 5.41. The summed E-state index contributed by atoms with van der Waals surface area (Å²) in [5.41, 5.74) is 9.43. The van der Waals surface area contributed by atoms with E-state index in [0.717, 1.165) is 45.2 Å². The zero-order valence-electron chi connectivity index (χ0n) is 19.2. The van der Waals surface area contributed by atoms with Crippen LogP contribution >= 0.6 is 43.4 Å². The van der Waals surface area contributed by atoms with E-state index in [1.807, 2.05) is 45.0 Å². The second-order valence-electron chi connectivity index (χ2n) is 7.65. The topological polar surface area (TPSA) is 37.6 Å². The number of aliphatic imine (C=N–C) groups is 2. The van der Waals surface area contributed by atoms with Gasteiger partial charge in [-0.2, -0.15) is 0 Å². The molecule has 8 heteroatoms. The van der Waals surface area contributed by atoms with Crippen molar-refractivity contribution in [3.05, 3.63) is 86.2 Å². The standard InChI is InChI=1S/C25H25Cl2N3.2ClH.Fe/c1-14-10-15(2)24(16(3)11-14)28-18(5)22-8-7-9-23(30-22)19(6)29-25-17(4)12-20(26)13-21(25)27;;;/h7-13H,1-6H3;2*1H;/q;;;+2/p-2. The Morgan fingerprint density at radius 1 is 0.758 bits per heavy atom. The van der Waals surface area contributed by atoms with Gasteiger partial charge in [-0.1, -0.05) is 47.0 Å². The Morgan fingerprint density at radius 2 is 1.21 bits per heavy atom. The van der Waals surface area contributed by atoms with Crippen molar-refractivity contribution >= 4 is 66.2 Å². The zero-order chi connectivity index (χ0) is 24.7. The van der Waals surface area contributed by atoms with Crippen LogP contribution in [0.2, 0.25) is 10.0 Å². The molecule has 1 heterocycles. The molecule has 2 aromatic carbocycles.